The third kappa shape index (κ3) is 3.17. The topological polar surface area (TPSA) is 39.7 Å². The van der Waals surface area contributed by atoms with E-state index in [1.54, 1.807) is 0 Å². The smallest absolute Gasteiger partial charge is 0.231 e. The molecule has 4 nitrogen and oxygen atoms in total. The predicted octanol–water partition coefficient (Wildman–Crippen LogP) is 3.33. The molecule has 0 radical (unpaired) electrons. The summed E-state index contributed by atoms with van der Waals surface area (Å²) in [6.45, 7) is -5.03. The van der Waals surface area contributed by atoms with Crippen LogP contribution in [0.4, 0.5) is 4.39 Å². The quantitative estimate of drug-likeness (QED) is 0.928. The second kappa shape index (κ2) is 6.69. The van der Waals surface area contributed by atoms with Crippen molar-refractivity contribution in [2.24, 2.45) is 5.89 Å². The molecule has 2 aliphatic heterocycles. The summed E-state index contributed by atoms with van der Waals surface area (Å²) in [4.78, 5) is 0. The van der Waals surface area contributed by atoms with Crippen LogP contribution in [0.2, 0.25) is 0 Å². The van der Waals surface area contributed by atoms with Gasteiger partial charge in [-0.15, -0.1) is 0 Å². The minimum atomic E-state index is -2.73. The van der Waals surface area contributed by atoms with Crippen LogP contribution in [0.25, 0.3) is 0 Å². The zero-order valence-electron chi connectivity index (χ0n) is 21.5. The normalized spacial score (nSPS) is 33.5. The predicted molar refractivity (Wildman–Crippen MR) is 88.2 cm³/mol. The second-order valence-electron chi connectivity index (χ2n) is 5.37. The van der Waals surface area contributed by atoms with Crippen molar-refractivity contribution in [2.45, 2.75) is 12.3 Å². The molecule has 1 N–H and O–H groups in total. The maximum absolute atomic E-state index is 14.1. The minimum Gasteiger partial charge on any atom is -0.493 e. The number of nitrogens with one attached hydrogen (secondary N) is 1. The van der Waals surface area contributed by atoms with E-state index in [9.17, 15) is 4.39 Å². The molecule has 2 aromatic rings. The van der Waals surface area contributed by atoms with Gasteiger partial charge in [0, 0.05) is 19.9 Å². The Kier molecular flexibility index (Phi) is 2.29. The summed E-state index contributed by atoms with van der Waals surface area (Å²) in [7, 11) is 0. The second-order valence-corrected chi connectivity index (χ2v) is 5.37. The van der Waals surface area contributed by atoms with Crippen molar-refractivity contribution < 1.29 is 30.9 Å². The molecule has 2 aliphatic rings. The van der Waals surface area contributed by atoms with Crippen molar-refractivity contribution in [1.82, 2.24) is 5.32 Å². The molecule has 0 amide bonds. The van der Waals surface area contributed by atoms with Crippen LogP contribution >= 0.6 is 0 Å². The van der Waals surface area contributed by atoms with Crippen LogP contribution in [0.1, 0.15) is 30.2 Å². The van der Waals surface area contributed by atoms with Gasteiger partial charge in [-0.3, -0.25) is 0 Å². The van der Waals surface area contributed by atoms with Gasteiger partial charge in [-0.05, 0) is 48.7 Å². The molecular weight excluding hydrogens is 309 g/mol. The van der Waals surface area contributed by atoms with Crippen LogP contribution in [-0.2, 0) is 0 Å². The molecule has 1 fully saturated rings. The Morgan fingerprint density at radius 2 is 2.17 bits per heavy atom. The summed E-state index contributed by atoms with van der Waals surface area (Å²) in [5.74, 6) is -4.57. The highest BCUT2D eigenvalue weighted by atomic mass is 19.1. The zero-order valence-corrected chi connectivity index (χ0v) is 12.5. The first-order valence-corrected chi connectivity index (χ1v) is 7.45. The van der Waals surface area contributed by atoms with Crippen LogP contribution in [0.3, 0.4) is 0 Å². The lowest BCUT2D eigenvalue weighted by Gasteiger charge is -2.32. The van der Waals surface area contributed by atoms with E-state index in [4.69, 9.17) is 26.5 Å². The molecule has 0 aliphatic carbocycles. The Hall–Kier alpha value is -2.27. The summed E-state index contributed by atoms with van der Waals surface area (Å²) < 4.78 is 103. The third-order valence-electron chi connectivity index (χ3n) is 3.83. The van der Waals surface area contributed by atoms with E-state index in [-0.39, 0.29) is 35.8 Å². The van der Waals surface area contributed by atoms with E-state index in [2.05, 4.69) is 5.32 Å². The molecule has 126 valence electrons. The van der Waals surface area contributed by atoms with Gasteiger partial charge in [-0.25, -0.2) is 4.39 Å². The van der Waals surface area contributed by atoms with E-state index in [1.807, 2.05) is 0 Å². The van der Waals surface area contributed by atoms with Crippen LogP contribution in [0, 0.1) is 11.7 Å². The molecule has 0 spiro atoms. The maximum atomic E-state index is 14.1. The Balaban J connectivity index is 1.72. The highest BCUT2D eigenvalue weighted by Crippen LogP contribution is 2.36. The van der Waals surface area contributed by atoms with Crippen LogP contribution < -0.4 is 19.5 Å². The number of benzene rings is 2. The molecule has 1 saturated heterocycles. The SMILES string of the molecule is [2H]c1c([2H])c([C@@H]2CCNCC2([2H])C([2H])([2H])Oc2ccc3c(c2)OC([2H])([2H])O3)c([2H])c([2H])c1F. The lowest BCUT2D eigenvalue weighted by molar-refractivity contribution is 0.173. The zero-order chi connectivity index (χ0) is 24.3. The van der Waals surface area contributed by atoms with Crippen molar-refractivity contribution >= 4 is 0 Å². The monoisotopic (exact) mass is 338 g/mol. The van der Waals surface area contributed by atoms with Crippen LogP contribution in [0.5, 0.6) is 17.2 Å². The molecule has 24 heavy (non-hydrogen) atoms. The van der Waals surface area contributed by atoms with E-state index in [1.165, 1.54) is 18.2 Å². The lowest BCUT2D eigenvalue weighted by Crippen LogP contribution is -2.38. The number of halogens is 1. The first kappa shape index (κ1) is 8.21. The molecule has 0 saturated carbocycles. The Morgan fingerprint density at radius 1 is 1.33 bits per heavy atom. The molecule has 1 unspecified atom stereocenters. The van der Waals surface area contributed by atoms with Crippen molar-refractivity contribution in [3.63, 3.8) is 0 Å². The highest BCUT2D eigenvalue weighted by molar-refractivity contribution is 5.46. The molecule has 5 heteroatoms. The average Bonchev–Trinajstić information content (AvgIpc) is 3.05. The first-order chi connectivity index (χ1) is 15.3. The van der Waals surface area contributed by atoms with E-state index in [0.29, 0.717) is 6.54 Å². The third-order valence-corrected chi connectivity index (χ3v) is 3.83. The van der Waals surface area contributed by atoms with Gasteiger partial charge in [-0.1, -0.05) is 12.1 Å². The van der Waals surface area contributed by atoms with E-state index in [0.717, 1.165) is 0 Å². The Morgan fingerprint density at radius 3 is 3.04 bits per heavy atom. The molecule has 4 rings (SSSR count). The number of fused-ring (bicyclic) bond motifs is 1. The average molecular weight is 338 g/mol. The minimum absolute atomic E-state index is 0.0104. The van der Waals surface area contributed by atoms with Gasteiger partial charge < -0.3 is 19.5 Å². The van der Waals surface area contributed by atoms with Gasteiger partial charge in [0.2, 0.25) is 6.75 Å². The Labute approximate surface area is 153 Å². The van der Waals surface area contributed by atoms with Gasteiger partial charge in [0.15, 0.2) is 11.5 Å². The number of hydrogen-bond donors (Lipinski definition) is 1. The molecule has 2 aromatic carbocycles. The standard InChI is InChI=1S/C19H20FNO3/c20-15-3-1-13(2-4-15)17-7-8-21-10-14(17)11-22-16-5-6-18-19(9-16)24-12-23-18/h1-6,9,14,17,21H,7-8,10-12H2/t14?,17-/m0/s1/i1D,2D,3D,4D,11D2,12D2,14D. The van der Waals surface area contributed by atoms with E-state index < -0.39 is 55.1 Å². The molecule has 2 atom stereocenters. The summed E-state index contributed by atoms with van der Waals surface area (Å²) in [5, 5.41) is 2.91. The highest BCUT2D eigenvalue weighted by Gasteiger charge is 2.27. The van der Waals surface area contributed by atoms with Crippen molar-refractivity contribution in [2.75, 3.05) is 26.4 Å². The fourth-order valence-corrected chi connectivity index (χ4v) is 2.62. The summed E-state index contributed by atoms with van der Waals surface area (Å²) in [5.41, 5.74) is -0.241. The number of hydrogen-bond acceptors (Lipinski definition) is 4. The summed E-state index contributed by atoms with van der Waals surface area (Å²) in [6, 6.07) is 0.818. The van der Waals surface area contributed by atoms with Crippen molar-refractivity contribution in [3.05, 3.63) is 53.7 Å². The van der Waals surface area contributed by atoms with Crippen molar-refractivity contribution in [1.29, 1.82) is 0 Å². The maximum Gasteiger partial charge on any atom is 0.231 e. The van der Waals surface area contributed by atoms with Gasteiger partial charge in [0.05, 0.1) is 14.8 Å². The fraction of sp³-hybridized carbons (Fsp3) is 0.368. The number of rotatable bonds is 4. The summed E-state index contributed by atoms with van der Waals surface area (Å²) in [6.07, 6.45) is 0.0932. The lowest BCUT2D eigenvalue weighted by atomic mass is 9.81. The largest absolute Gasteiger partial charge is 0.493 e. The molecule has 2 heterocycles. The van der Waals surface area contributed by atoms with Gasteiger partial charge in [0.1, 0.15) is 14.3 Å². The van der Waals surface area contributed by atoms with Crippen molar-refractivity contribution in [3.8, 4) is 17.2 Å². The van der Waals surface area contributed by atoms with Gasteiger partial charge in [0.25, 0.3) is 0 Å². The molecule has 0 bridgehead atoms. The number of ether oxygens (including phenoxy) is 3. The number of piperidine rings is 1. The van der Waals surface area contributed by atoms with E-state index >= 15 is 0 Å². The van der Waals surface area contributed by atoms with Gasteiger partial charge in [-0.2, -0.15) is 0 Å². The van der Waals surface area contributed by atoms with Crippen LogP contribution in [0.15, 0.2) is 42.4 Å². The first-order valence-electron chi connectivity index (χ1n) is 11.9. The molecular formula is C19H20FNO3. The fourth-order valence-electron chi connectivity index (χ4n) is 2.62. The van der Waals surface area contributed by atoms with Crippen LogP contribution in [-0.4, -0.2) is 26.4 Å². The summed E-state index contributed by atoms with van der Waals surface area (Å²) >= 11 is 0. The Bertz CT molecular complexity index is 1090. The van der Waals surface area contributed by atoms with Gasteiger partial charge >= 0.3 is 0 Å². The molecule has 0 aromatic heterocycles.